The molecule has 0 unspecified atom stereocenters. The van der Waals surface area contributed by atoms with Crippen molar-refractivity contribution in [2.45, 2.75) is 76.7 Å². The summed E-state index contributed by atoms with van der Waals surface area (Å²) in [4.78, 5) is 0. The van der Waals surface area contributed by atoms with Gasteiger partial charge in [-0.25, -0.2) is 0 Å². The lowest BCUT2D eigenvalue weighted by molar-refractivity contribution is 0.303. The standard InChI is InChI=1S/C20H31Br3OSi/c1-2-6-17-7-9-18(10-8-17)19-11-13-20(14-12-19)24-15-4-3-5-16-25(21,22)23/h11-14,17-18H,2-10,15-16H2,1H3/t17-,18-. The zero-order chi connectivity index (χ0) is 18.1. The summed E-state index contributed by atoms with van der Waals surface area (Å²) < 4.78 is 4.49. The van der Waals surface area contributed by atoms with Gasteiger partial charge < -0.3 is 4.74 Å². The van der Waals surface area contributed by atoms with Gasteiger partial charge in [-0.05, 0) is 67.7 Å². The van der Waals surface area contributed by atoms with Crippen molar-refractivity contribution in [1.29, 1.82) is 0 Å². The predicted molar refractivity (Wildman–Crippen MR) is 123 cm³/mol. The molecule has 5 heteroatoms. The summed E-state index contributed by atoms with van der Waals surface area (Å²) in [5.41, 5.74) is 1.51. The van der Waals surface area contributed by atoms with Crippen LogP contribution in [0, 0.1) is 5.92 Å². The molecule has 0 bridgehead atoms. The highest BCUT2D eigenvalue weighted by atomic mass is 80.0. The summed E-state index contributed by atoms with van der Waals surface area (Å²) in [6.45, 7) is 3.13. The van der Waals surface area contributed by atoms with Crippen LogP contribution in [0.4, 0.5) is 0 Å². The van der Waals surface area contributed by atoms with E-state index < -0.39 is 3.93 Å². The molecule has 1 nitrogen and oxygen atoms in total. The molecule has 0 radical (unpaired) electrons. The average Bonchev–Trinajstić information content (AvgIpc) is 2.59. The number of halogens is 3. The molecule has 2 rings (SSSR count). The summed E-state index contributed by atoms with van der Waals surface area (Å²) in [5.74, 6) is 2.77. The molecule has 1 aromatic carbocycles. The maximum Gasteiger partial charge on any atom is 0.267 e. The second-order valence-corrected chi connectivity index (χ2v) is 30.8. The Hall–Kier alpha value is 0.677. The third-order valence-corrected chi connectivity index (χ3v) is 9.76. The van der Waals surface area contributed by atoms with E-state index in [0.717, 1.165) is 30.6 Å². The molecule has 0 amide bonds. The highest BCUT2D eigenvalue weighted by molar-refractivity contribution is 9.72. The summed E-state index contributed by atoms with van der Waals surface area (Å²) in [7, 11) is 0. The molecular weight excluding hydrogens is 524 g/mol. The molecule has 25 heavy (non-hydrogen) atoms. The van der Waals surface area contributed by atoms with Crippen molar-refractivity contribution in [3.8, 4) is 5.75 Å². The second-order valence-electron chi connectivity index (χ2n) is 7.35. The number of hydrogen-bond donors (Lipinski definition) is 0. The van der Waals surface area contributed by atoms with Gasteiger partial charge in [0.05, 0.1) is 6.61 Å². The smallest absolute Gasteiger partial charge is 0.267 e. The van der Waals surface area contributed by atoms with Crippen LogP contribution in [0.15, 0.2) is 24.3 Å². The summed E-state index contributed by atoms with van der Waals surface area (Å²) in [6, 6.07) is 10.1. The third-order valence-electron chi connectivity index (χ3n) is 5.27. The maximum absolute atomic E-state index is 5.91. The molecule has 142 valence electrons. The van der Waals surface area contributed by atoms with Gasteiger partial charge in [0.25, 0.3) is 3.93 Å². The molecule has 1 aliphatic rings. The lowest BCUT2D eigenvalue weighted by Crippen LogP contribution is -2.13. The molecule has 0 saturated heterocycles. The third kappa shape index (κ3) is 8.94. The van der Waals surface area contributed by atoms with Crippen molar-refractivity contribution in [3.05, 3.63) is 29.8 Å². The highest BCUT2D eigenvalue weighted by Crippen LogP contribution is 2.38. The molecule has 1 aromatic rings. The summed E-state index contributed by atoms with van der Waals surface area (Å²) in [6.07, 6.45) is 11.9. The number of ether oxygens (including phenoxy) is 1. The zero-order valence-electron chi connectivity index (χ0n) is 15.3. The van der Waals surface area contributed by atoms with Crippen molar-refractivity contribution in [2.75, 3.05) is 6.61 Å². The summed E-state index contributed by atoms with van der Waals surface area (Å²) in [5, 5.41) is 0. The molecule has 0 heterocycles. The number of unbranched alkanes of at least 4 members (excludes halogenated alkanes) is 2. The fourth-order valence-electron chi connectivity index (χ4n) is 3.82. The van der Waals surface area contributed by atoms with E-state index in [0.29, 0.717) is 0 Å². The minimum Gasteiger partial charge on any atom is -0.494 e. The first-order valence-corrected chi connectivity index (χ1v) is 18.7. The minimum absolute atomic E-state index is 0.768. The van der Waals surface area contributed by atoms with Crippen LogP contribution < -0.4 is 4.74 Å². The van der Waals surface area contributed by atoms with Crippen LogP contribution in [0.3, 0.4) is 0 Å². The van der Waals surface area contributed by atoms with Gasteiger partial charge in [-0.2, -0.15) is 0 Å². The maximum atomic E-state index is 5.91. The Morgan fingerprint density at radius 2 is 1.64 bits per heavy atom. The molecule has 0 N–H and O–H groups in total. The van der Waals surface area contributed by atoms with Crippen molar-refractivity contribution in [3.63, 3.8) is 0 Å². The minimum atomic E-state index is -1.42. The second kappa shape index (κ2) is 11.5. The van der Waals surface area contributed by atoms with E-state index in [1.165, 1.54) is 63.0 Å². The fourth-order valence-corrected chi connectivity index (χ4v) is 7.00. The van der Waals surface area contributed by atoms with Crippen LogP contribution in [0.25, 0.3) is 0 Å². The molecular formula is C20H31Br3OSi. The van der Waals surface area contributed by atoms with Gasteiger partial charge in [0.2, 0.25) is 0 Å². The van der Waals surface area contributed by atoms with Gasteiger partial charge in [0, 0.05) is 0 Å². The summed E-state index contributed by atoms with van der Waals surface area (Å²) >= 11 is 11.0. The molecule has 1 fully saturated rings. The van der Waals surface area contributed by atoms with Crippen LogP contribution in [0.1, 0.15) is 76.2 Å². The lowest BCUT2D eigenvalue weighted by Gasteiger charge is -2.28. The van der Waals surface area contributed by atoms with E-state index >= 15 is 0 Å². The first-order valence-electron chi connectivity index (χ1n) is 9.77. The SMILES string of the molecule is CCC[C@H]1CC[C@H](c2ccc(OCCCCC[Si](Br)(Br)Br)cc2)CC1. The van der Waals surface area contributed by atoms with Crippen molar-refractivity contribution < 1.29 is 4.74 Å². The van der Waals surface area contributed by atoms with E-state index in [9.17, 15) is 0 Å². The van der Waals surface area contributed by atoms with Crippen molar-refractivity contribution in [1.82, 2.24) is 0 Å². The molecule has 1 saturated carbocycles. The number of hydrogen-bond acceptors (Lipinski definition) is 1. The Bertz CT molecular complexity index is 479. The molecule has 0 spiro atoms. The fraction of sp³-hybridized carbons (Fsp3) is 0.700. The number of benzene rings is 1. The van der Waals surface area contributed by atoms with E-state index in [1.54, 1.807) is 0 Å². The zero-order valence-corrected chi connectivity index (χ0v) is 21.0. The van der Waals surface area contributed by atoms with Gasteiger partial charge in [0.1, 0.15) is 5.75 Å². The molecule has 1 aliphatic carbocycles. The first-order chi connectivity index (χ1) is 12.0. The van der Waals surface area contributed by atoms with E-state index in [4.69, 9.17) is 4.74 Å². The quantitative estimate of drug-likeness (QED) is 0.160. The van der Waals surface area contributed by atoms with Crippen molar-refractivity contribution >= 4 is 49.8 Å². The largest absolute Gasteiger partial charge is 0.494 e. The van der Waals surface area contributed by atoms with E-state index in [2.05, 4.69) is 77.1 Å². The van der Waals surface area contributed by atoms with Crippen LogP contribution in [0.2, 0.25) is 6.04 Å². The average molecular weight is 555 g/mol. The monoisotopic (exact) mass is 552 g/mol. The van der Waals surface area contributed by atoms with E-state index in [1.807, 2.05) is 0 Å². The predicted octanol–water partition coefficient (Wildman–Crippen LogP) is 8.43. The lowest BCUT2D eigenvalue weighted by atomic mass is 9.77. The normalized spacial score (nSPS) is 21.3. The van der Waals surface area contributed by atoms with Crippen LogP contribution in [0.5, 0.6) is 5.75 Å². The van der Waals surface area contributed by atoms with Gasteiger partial charge in [0.15, 0.2) is 0 Å². The van der Waals surface area contributed by atoms with Crippen LogP contribution in [-0.4, -0.2) is 10.5 Å². The number of rotatable bonds is 10. The van der Waals surface area contributed by atoms with Crippen LogP contribution >= 0.6 is 45.9 Å². The Labute approximate surface area is 178 Å². The Morgan fingerprint density at radius 3 is 2.24 bits per heavy atom. The Kier molecular flexibility index (Phi) is 10.1. The van der Waals surface area contributed by atoms with Crippen LogP contribution in [-0.2, 0) is 0 Å². The molecule has 0 atom stereocenters. The van der Waals surface area contributed by atoms with Gasteiger partial charge in [-0.15, -0.1) is 0 Å². The first kappa shape index (κ1) is 22.0. The Morgan fingerprint density at radius 1 is 0.960 bits per heavy atom. The Balaban J connectivity index is 1.65. The topological polar surface area (TPSA) is 9.23 Å². The van der Waals surface area contributed by atoms with Gasteiger partial charge >= 0.3 is 0 Å². The van der Waals surface area contributed by atoms with E-state index in [-0.39, 0.29) is 0 Å². The highest BCUT2D eigenvalue weighted by Gasteiger charge is 2.22. The van der Waals surface area contributed by atoms with Gasteiger partial charge in [-0.1, -0.05) is 90.6 Å². The molecule has 0 aliphatic heterocycles. The molecule has 0 aromatic heterocycles. The van der Waals surface area contributed by atoms with Gasteiger partial charge in [-0.3, -0.25) is 0 Å². The van der Waals surface area contributed by atoms with Crippen molar-refractivity contribution in [2.24, 2.45) is 5.92 Å².